The van der Waals surface area contributed by atoms with Gasteiger partial charge in [0.15, 0.2) is 5.82 Å². The summed E-state index contributed by atoms with van der Waals surface area (Å²) in [6.45, 7) is 0. The van der Waals surface area contributed by atoms with E-state index in [1.54, 1.807) is 6.07 Å². The van der Waals surface area contributed by atoms with Gasteiger partial charge in [0.05, 0.1) is 16.5 Å². The monoisotopic (exact) mass is 244 g/mol. The molecule has 0 aliphatic carbocycles. The van der Waals surface area contributed by atoms with E-state index >= 15 is 0 Å². The third-order valence-corrected chi connectivity index (χ3v) is 2.43. The number of methoxy groups -OCH3 is 1. The molecule has 0 fully saturated rings. The molecule has 0 radical (unpaired) electrons. The van der Waals surface area contributed by atoms with E-state index < -0.39 is 7.04 Å². The number of halogens is 1. The second kappa shape index (κ2) is 2.92. The summed E-state index contributed by atoms with van der Waals surface area (Å²) in [6.07, 6.45) is 0. The van der Waals surface area contributed by atoms with E-state index in [4.69, 9.17) is 14.6 Å². The fraction of sp³-hybridized carbons (Fsp3) is 0.125. The second-order valence-corrected chi connectivity index (χ2v) is 3.36. The van der Waals surface area contributed by atoms with Crippen molar-refractivity contribution in [3.63, 3.8) is 0 Å². The minimum atomic E-state index is -2.50. The number of nitrogens with zero attached hydrogens (tertiary/aromatic N) is 1. The SMILES string of the molecule is [2H]C([2H])([2H])Oc1ccc(Br)c2c(N)n[nH]c12. The molecule has 0 saturated carbocycles. The first-order valence-electron chi connectivity index (χ1n) is 4.99. The van der Waals surface area contributed by atoms with Crippen LogP contribution in [0.4, 0.5) is 5.82 Å². The molecule has 0 amide bonds. The van der Waals surface area contributed by atoms with E-state index in [2.05, 4.69) is 26.1 Å². The van der Waals surface area contributed by atoms with Crippen LogP contribution in [0.25, 0.3) is 10.9 Å². The molecule has 0 aliphatic rings. The molecule has 0 saturated heterocycles. The summed E-state index contributed by atoms with van der Waals surface area (Å²) in [4.78, 5) is 0. The van der Waals surface area contributed by atoms with Gasteiger partial charge >= 0.3 is 0 Å². The lowest BCUT2D eigenvalue weighted by molar-refractivity contribution is 0.418. The normalized spacial score (nSPS) is 15.0. The molecule has 2 aromatic rings. The Morgan fingerprint density at radius 1 is 1.69 bits per heavy atom. The highest BCUT2D eigenvalue weighted by molar-refractivity contribution is 9.10. The molecule has 3 N–H and O–H groups in total. The standard InChI is InChI=1S/C8H8BrN3O/c1-13-5-3-2-4(9)6-7(5)11-12-8(6)10/h2-3H,1H3,(H3,10,11,12)/i1D3. The Bertz CT molecular complexity index is 537. The molecular weight excluding hydrogens is 234 g/mol. The molecule has 0 unspecified atom stereocenters. The summed E-state index contributed by atoms with van der Waals surface area (Å²) >= 11 is 3.30. The number of rotatable bonds is 1. The maximum Gasteiger partial charge on any atom is 0.154 e. The number of nitrogens with one attached hydrogen (secondary N) is 1. The highest BCUT2D eigenvalue weighted by Gasteiger charge is 2.10. The second-order valence-electron chi connectivity index (χ2n) is 2.51. The summed E-state index contributed by atoms with van der Waals surface area (Å²) in [5, 5.41) is 7.06. The van der Waals surface area contributed by atoms with Crippen molar-refractivity contribution in [3.8, 4) is 5.75 Å². The lowest BCUT2D eigenvalue weighted by atomic mass is 10.2. The van der Waals surface area contributed by atoms with Gasteiger partial charge in [-0.15, -0.1) is 0 Å². The predicted molar refractivity (Wildman–Crippen MR) is 54.8 cm³/mol. The van der Waals surface area contributed by atoms with Crippen molar-refractivity contribution in [3.05, 3.63) is 16.6 Å². The number of aromatic amines is 1. The Balaban J connectivity index is 2.60. The van der Waals surface area contributed by atoms with Crippen molar-refractivity contribution in [2.24, 2.45) is 0 Å². The molecule has 1 heterocycles. The summed E-state index contributed by atoms with van der Waals surface area (Å²) in [5.74, 6) is 0.486. The first-order chi connectivity index (χ1) is 7.38. The Morgan fingerprint density at radius 2 is 2.54 bits per heavy atom. The smallest absolute Gasteiger partial charge is 0.154 e. The summed E-state index contributed by atoms with van der Waals surface area (Å²) in [7, 11) is -2.50. The molecule has 0 atom stereocenters. The molecular formula is C8H8BrN3O. The van der Waals surface area contributed by atoms with Crippen LogP contribution in [0.2, 0.25) is 0 Å². The van der Waals surface area contributed by atoms with Gasteiger partial charge < -0.3 is 10.5 Å². The zero-order valence-electron chi connectivity index (χ0n) is 9.47. The van der Waals surface area contributed by atoms with E-state index in [1.807, 2.05) is 0 Å². The molecule has 1 aromatic heterocycles. The van der Waals surface area contributed by atoms with Gasteiger partial charge in [-0.25, -0.2) is 0 Å². The maximum absolute atomic E-state index is 7.04. The van der Waals surface area contributed by atoms with Crippen molar-refractivity contribution in [2.45, 2.75) is 0 Å². The van der Waals surface area contributed by atoms with Gasteiger partial charge in [0.25, 0.3) is 0 Å². The molecule has 13 heavy (non-hydrogen) atoms. The first-order valence-corrected chi connectivity index (χ1v) is 4.29. The van der Waals surface area contributed by atoms with Gasteiger partial charge in [-0.05, 0) is 28.1 Å². The van der Waals surface area contributed by atoms with Gasteiger partial charge in [-0.1, -0.05) is 0 Å². The van der Waals surface area contributed by atoms with Crippen molar-refractivity contribution in [1.82, 2.24) is 10.2 Å². The largest absolute Gasteiger partial charge is 0.494 e. The average molecular weight is 245 g/mol. The molecule has 0 aliphatic heterocycles. The molecule has 4 nitrogen and oxygen atoms in total. The number of ether oxygens (including phenoxy) is 1. The number of anilines is 1. The minimum Gasteiger partial charge on any atom is -0.494 e. The fourth-order valence-corrected chi connectivity index (χ4v) is 1.71. The van der Waals surface area contributed by atoms with Crippen molar-refractivity contribution in [2.75, 3.05) is 12.8 Å². The fourth-order valence-electron chi connectivity index (χ4n) is 1.18. The Hall–Kier alpha value is -1.23. The van der Waals surface area contributed by atoms with Crippen LogP contribution in [0.1, 0.15) is 4.11 Å². The number of H-pyrrole nitrogens is 1. The minimum absolute atomic E-state index is 0.197. The van der Waals surface area contributed by atoms with Crippen LogP contribution >= 0.6 is 15.9 Å². The highest BCUT2D eigenvalue weighted by Crippen LogP contribution is 2.33. The zero-order valence-corrected chi connectivity index (χ0v) is 8.05. The third kappa shape index (κ3) is 1.16. The molecule has 5 heteroatoms. The Kier molecular flexibility index (Phi) is 1.23. The van der Waals surface area contributed by atoms with Crippen molar-refractivity contribution < 1.29 is 8.85 Å². The number of fused-ring (bicyclic) bond motifs is 1. The zero-order chi connectivity index (χ0) is 11.9. The molecule has 68 valence electrons. The molecule has 2 rings (SSSR count). The number of benzene rings is 1. The van der Waals surface area contributed by atoms with Crippen LogP contribution in [-0.4, -0.2) is 17.2 Å². The number of hydrogen-bond acceptors (Lipinski definition) is 3. The third-order valence-electron chi connectivity index (χ3n) is 1.77. The predicted octanol–water partition coefficient (Wildman–Crippen LogP) is 1.92. The van der Waals surface area contributed by atoms with E-state index in [0.29, 0.717) is 10.9 Å². The van der Waals surface area contributed by atoms with Crippen LogP contribution in [0.15, 0.2) is 16.6 Å². The van der Waals surface area contributed by atoms with Crippen LogP contribution in [0.5, 0.6) is 5.75 Å². The van der Waals surface area contributed by atoms with Gasteiger partial charge in [0.1, 0.15) is 11.3 Å². The van der Waals surface area contributed by atoms with E-state index in [1.165, 1.54) is 6.07 Å². The molecule has 1 aromatic carbocycles. The lowest BCUT2D eigenvalue weighted by Crippen LogP contribution is -1.86. The average Bonchev–Trinajstić information content (AvgIpc) is 2.52. The van der Waals surface area contributed by atoms with Crippen LogP contribution < -0.4 is 10.5 Å². The molecule has 0 spiro atoms. The first kappa shape index (κ1) is 5.49. The number of hydrogen-bond donors (Lipinski definition) is 2. The number of nitrogens with two attached hydrogens (primary N) is 1. The van der Waals surface area contributed by atoms with Crippen molar-refractivity contribution >= 4 is 32.7 Å². The Labute approximate surface area is 87.4 Å². The summed E-state index contributed by atoms with van der Waals surface area (Å²) in [5.41, 5.74) is 6.10. The van der Waals surface area contributed by atoms with Crippen LogP contribution in [0.3, 0.4) is 0 Å². The van der Waals surface area contributed by atoms with Crippen LogP contribution in [-0.2, 0) is 0 Å². The lowest BCUT2D eigenvalue weighted by Gasteiger charge is -2.01. The van der Waals surface area contributed by atoms with E-state index in [9.17, 15) is 0 Å². The van der Waals surface area contributed by atoms with Gasteiger partial charge in [-0.2, -0.15) is 5.10 Å². The highest BCUT2D eigenvalue weighted by atomic mass is 79.9. The van der Waals surface area contributed by atoms with Gasteiger partial charge in [0, 0.05) is 4.47 Å². The van der Waals surface area contributed by atoms with Gasteiger partial charge in [0.2, 0.25) is 0 Å². The maximum atomic E-state index is 7.04. The van der Waals surface area contributed by atoms with Crippen LogP contribution in [0, 0.1) is 0 Å². The van der Waals surface area contributed by atoms with E-state index in [-0.39, 0.29) is 11.6 Å². The number of aromatic nitrogens is 2. The summed E-state index contributed by atoms with van der Waals surface area (Å²) < 4.78 is 26.7. The number of nitrogen functional groups attached to an aromatic ring is 1. The Morgan fingerprint density at radius 3 is 3.31 bits per heavy atom. The van der Waals surface area contributed by atoms with Gasteiger partial charge in [-0.3, -0.25) is 5.10 Å². The topological polar surface area (TPSA) is 63.9 Å². The van der Waals surface area contributed by atoms with E-state index in [0.717, 1.165) is 4.47 Å². The quantitative estimate of drug-likeness (QED) is 0.806. The van der Waals surface area contributed by atoms with Crippen molar-refractivity contribution in [1.29, 1.82) is 0 Å². The molecule has 0 bridgehead atoms. The summed E-state index contributed by atoms with van der Waals surface area (Å²) in [6, 6.07) is 3.20.